The van der Waals surface area contributed by atoms with E-state index in [0.717, 1.165) is 26.2 Å². The Labute approximate surface area is 92.5 Å². The molecule has 0 radical (unpaired) electrons. The third-order valence-electron chi connectivity index (χ3n) is 2.24. The molecule has 2 unspecified atom stereocenters. The van der Waals surface area contributed by atoms with Gasteiger partial charge in [-0.1, -0.05) is 15.9 Å². The molecule has 1 rings (SSSR count). The molecule has 0 aromatic heterocycles. The van der Waals surface area contributed by atoms with Gasteiger partial charge in [0.1, 0.15) is 4.83 Å². The highest BCUT2D eigenvalue weighted by molar-refractivity contribution is 9.10. The second-order valence-electron chi connectivity index (χ2n) is 3.38. The van der Waals surface area contributed by atoms with Crippen molar-refractivity contribution in [3.63, 3.8) is 0 Å². The van der Waals surface area contributed by atoms with Crippen LogP contribution in [0.3, 0.4) is 0 Å². The van der Waals surface area contributed by atoms with Gasteiger partial charge in [-0.3, -0.25) is 4.79 Å². The van der Waals surface area contributed by atoms with Crippen molar-refractivity contribution >= 4 is 21.9 Å². The number of ether oxygens (including phenoxy) is 2. The highest BCUT2D eigenvalue weighted by Gasteiger charge is 2.18. The van der Waals surface area contributed by atoms with Crippen LogP contribution in [0.5, 0.6) is 0 Å². The molecule has 4 nitrogen and oxygen atoms in total. The van der Waals surface area contributed by atoms with Crippen LogP contribution in [0.2, 0.25) is 0 Å². The number of nitrogens with one attached hydrogen (secondary N) is 1. The summed E-state index contributed by atoms with van der Waals surface area (Å²) in [6.45, 7) is 3.20. The van der Waals surface area contributed by atoms with Gasteiger partial charge in [0.2, 0.25) is 0 Å². The molecule has 0 bridgehead atoms. The summed E-state index contributed by atoms with van der Waals surface area (Å²) in [5.74, 6) is 0.354. The van der Waals surface area contributed by atoms with E-state index in [2.05, 4.69) is 26.0 Å². The fraction of sp³-hybridized carbons (Fsp3) is 0.889. The zero-order valence-electron chi connectivity index (χ0n) is 8.29. The Morgan fingerprint density at radius 1 is 1.79 bits per heavy atom. The lowest BCUT2D eigenvalue weighted by atomic mass is 10.1. The van der Waals surface area contributed by atoms with Crippen molar-refractivity contribution in [2.75, 3.05) is 33.4 Å². The van der Waals surface area contributed by atoms with Crippen LogP contribution in [0.4, 0.5) is 0 Å². The predicted octanol–water partition coefficient (Wildman–Crippen LogP) is 0.549. The van der Waals surface area contributed by atoms with E-state index in [-0.39, 0.29) is 10.8 Å². The summed E-state index contributed by atoms with van der Waals surface area (Å²) in [5, 5.41) is 3.21. The molecule has 0 aromatic rings. The van der Waals surface area contributed by atoms with E-state index in [9.17, 15) is 4.79 Å². The van der Waals surface area contributed by atoms with Gasteiger partial charge in [-0.2, -0.15) is 0 Å². The van der Waals surface area contributed by atoms with Gasteiger partial charge in [0.05, 0.1) is 13.7 Å². The molecule has 0 saturated carbocycles. The van der Waals surface area contributed by atoms with Gasteiger partial charge in [0, 0.05) is 19.7 Å². The first-order valence-corrected chi connectivity index (χ1v) is 5.66. The summed E-state index contributed by atoms with van der Waals surface area (Å²) < 4.78 is 9.82. The van der Waals surface area contributed by atoms with Gasteiger partial charge < -0.3 is 14.8 Å². The minimum atomic E-state index is -0.255. The smallest absolute Gasteiger partial charge is 0.320 e. The quantitative estimate of drug-likeness (QED) is 0.583. The minimum Gasteiger partial charge on any atom is -0.468 e. The monoisotopic (exact) mass is 265 g/mol. The zero-order chi connectivity index (χ0) is 10.4. The van der Waals surface area contributed by atoms with E-state index in [4.69, 9.17) is 4.74 Å². The second-order valence-corrected chi connectivity index (χ2v) is 4.48. The van der Waals surface area contributed by atoms with E-state index >= 15 is 0 Å². The topological polar surface area (TPSA) is 47.6 Å². The van der Waals surface area contributed by atoms with Crippen LogP contribution in [0.25, 0.3) is 0 Å². The number of esters is 1. The molecule has 1 N–H and O–H groups in total. The lowest BCUT2D eigenvalue weighted by molar-refractivity contribution is -0.139. The molecule has 2 atom stereocenters. The lowest BCUT2D eigenvalue weighted by Gasteiger charge is -2.11. The number of halogens is 1. The van der Waals surface area contributed by atoms with Gasteiger partial charge in [0.15, 0.2) is 0 Å². The number of rotatable bonds is 5. The third kappa shape index (κ3) is 3.94. The number of carbonyl (C=O) groups is 1. The van der Waals surface area contributed by atoms with E-state index in [1.54, 1.807) is 0 Å². The second kappa shape index (κ2) is 6.37. The number of hydrogen-bond donors (Lipinski definition) is 1. The molecule has 1 fully saturated rings. The largest absolute Gasteiger partial charge is 0.468 e. The highest BCUT2D eigenvalue weighted by atomic mass is 79.9. The van der Waals surface area contributed by atoms with Crippen LogP contribution >= 0.6 is 15.9 Å². The Hall–Kier alpha value is -0.130. The highest BCUT2D eigenvalue weighted by Crippen LogP contribution is 2.10. The van der Waals surface area contributed by atoms with Crippen molar-refractivity contribution in [1.29, 1.82) is 0 Å². The van der Waals surface area contributed by atoms with E-state index < -0.39 is 0 Å². The molecule has 0 aromatic carbocycles. The number of hydrogen-bond acceptors (Lipinski definition) is 4. The minimum absolute atomic E-state index is 0.236. The molecule has 5 heteroatoms. The van der Waals surface area contributed by atoms with E-state index in [0.29, 0.717) is 12.5 Å². The van der Waals surface area contributed by atoms with Gasteiger partial charge in [0.25, 0.3) is 0 Å². The first-order chi connectivity index (χ1) is 6.74. The van der Waals surface area contributed by atoms with Crippen molar-refractivity contribution in [1.82, 2.24) is 5.32 Å². The average Bonchev–Trinajstić information content (AvgIpc) is 2.69. The average molecular weight is 266 g/mol. The van der Waals surface area contributed by atoms with Crippen LogP contribution in [0.1, 0.15) is 6.42 Å². The van der Waals surface area contributed by atoms with Crippen molar-refractivity contribution in [3.05, 3.63) is 0 Å². The fourth-order valence-corrected chi connectivity index (χ4v) is 1.79. The molecular formula is C9H16BrNO3. The van der Waals surface area contributed by atoms with Crippen LogP contribution in [-0.2, 0) is 14.3 Å². The van der Waals surface area contributed by atoms with Crippen molar-refractivity contribution in [2.24, 2.45) is 5.92 Å². The Bertz CT molecular complexity index is 183. The summed E-state index contributed by atoms with van der Waals surface area (Å²) in [5.41, 5.74) is 0. The summed E-state index contributed by atoms with van der Waals surface area (Å²) >= 11 is 3.24. The fourth-order valence-electron chi connectivity index (χ4n) is 1.37. The normalized spacial score (nSPS) is 23.4. The van der Waals surface area contributed by atoms with Crippen LogP contribution in [0.15, 0.2) is 0 Å². The molecule has 1 aliphatic heterocycles. The molecule has 1 heterocycles. The van der Waals surface area contributed by atoms with Gasteiger partial charge in [-0.05, 0) is 12.3 Å². The number of carbonyl (C=O) groups excluding carboxylic acids is 1. The summed E-state index contributed by atoms with van der Waals surface area (Å²) in [7, 11) is 1.39. The van der Waals surface area contributed by atoms with Crippen LogP contribution in [0, 0.1) is 5.92 Å². The standard InChI is InChI=1S/C9H16BrNO3/c1-13-9(12)8(10)5-11-4-7-2-3-14-6-7/h7-8,11H,2-6H2,1H3. The SMILES string of the molecule is COC(=O)C(Br)CNCC1CCOC1. The first-order valence-electron chi connectivity index (χ1n) is 4.74. The van der Waals surface area contributed by atoms with Crippen molar-refractivity contribution in [3.8, 4) is 0 Å². The Morgan fingerprint density at radius 3 is 3.14 bits per heavy atom. The van der Waals surface area contributed by atoms with Crippen molar-refractivity contribution < 1.29 is 14.3 Å². The van der Waals surface area contributed by atoms with Crippen LogP contribution < -0.4 is 5.32 Å². The molecule has 1 saturated heterocycles. The maximum Gasteiger partial charge on any atom is 0.320 e. The Morgan fingerprint density at radius 2 is 2.57 bits per heavy atom. The molecule has 0 aliphatic carbocycles. The van der Waals surface area contributed by atoms with E-state index in [1.807, 2.05) is 0 Å². The van der Waals surface area contributed by atoms with Gasteiger partial charge >= 0.3 is 5.97 Å². The third-order valence-corrected chi connectivity index (χ3v) is 2.94. The predicted molar refractivity (Wildman–Crippen MR) is 56.5 cm³/mol. The molecule has 0 spiro atoms. The maximum absolute atomic E-state index is 11.0. The molecule has 1 aliphatic rings. The van der Waals surface area contributed by atoms with Crippen molar-refractivity contribution in [2.45, 2.75) is 11.2 Å². The Balaban J connectivity index is 2.05. The van der Waals surface area contributed by atoms with Crippen LogP contribution in [-0.4, -0.2) is 44.2 Å². The van der Waals surface area contributed by atoms with E-state index in [1.165, 1.54) is 7.11 Å². The molecule has 14 heavy (non-hydrogen) atoms. The molecular weight excluding hydrogens is 250 g/mol. The number of alkyl halides is 1. The zero-order valence-corrected chi connectivity index (χ0v) is 9.88. The van der Waals surface area contributed by atoms with Gasteiger partial charge in [-0.15, -0.1) is 0 Å². The molecule has 0 amide bonds. The summed E-state index contributed by atoms with van der Waals surface area (Å²) in [6.07, 6.45) is 1.11. The van der Waals surface area contributed by atoms with Gasteiger partial charge in [-0.25, -0.2) is 0 Å². The lowest BCUT2D eigenvalue weighted by Crippen LogP contribution is -2.33. The number of methoxy groups -OCH3 is 1. The maximum atomic E-state index is 11.0. The Kier molecular flexibility index (Phi) is 5.44. The molecule has 82 valence electrons. The summed E-state index contributed by atoms with van der Waals surface area (Å²) in [4.78, 5) is 10.8. The summed E-state index contributed by atoms with van der Waals surface area (Å²) in [6, 6.07) is 0. The first kappa shape index (κ1) is 11.9.